The van der Waals surface area contributed by atoms with E-state index < -0.39 is 0 Å². The Bertz CT molecular complexity index is 3810. The van der Waals surface area contributed by atoms with Crippen LogP contribution in [0.15, 0.2) is 209 Å². The van der Waals surface area contributed by atoms with Crippen molar-refractivity contribution in [1.29, 1.82) is 0 Å². The highest BCUT2D eigenvalue weighted by molar-refractivity contribution is 6.20. The molecule has 0 bridgehead atoms. The van der Waals surface area contributed by atoms with Crippen LogP contribution < -0.4 is 4.90 Å². The summed E-state index contributed by atoms with van der Waals surface area (Å²) in [7, 11) is 0. The fourth-order valence-electron chi connectivity index (χ4n) is 11.9. The standard InChI is InChI=1S/C64H45NO2/c1-63(2)51-34-43(29-31-45(51)57-53(63)36-49(39-18-7-5-8-19-39)61-59(57)47-23-13-15-25-55(47)66-61)65(42-28-27-38-17-11-12-22-41(38)33-42)44-30-32-46-52(35-44)64(3,4)54-37-50(40-20-9-6-10-21-40)62-60(58(46)54)48-24-14-16-26-56(48)67-62/h5-37H,1-4H3. The van der Waals surface area contributed by atoms with Gasteiger partial charge in [-0.25, -0.2) is 0 Å². The number of nitrogens with zero attached hydrogens (tertiary/aromatic N) is 1. The molecule has 0 fully saturated rings. The average Bonchev–Trinajstić information content (AvgIpc) is 4.07. The number of rotatable bonds is 5. The lowest BCUT2D eigenvalue weighted by Gasteiger charge is -2.30. The predicted octanol–water partition coefficient (Wildman–Crippen LogP) is 18.1. The van der Waals surface area contributed by atoms with Gasteiger partial charge in [0.15, 0.2) is 0 Å². The molecule has 0 N–H and O–H groups in total. The van der Waals surface area contributed by atoms with Crippen molar-refractivity contribution in [3.05, 3.63) is 222 Å². The molecule has 0 saturated heterocycles. The van der Waals surface area contributed by atoms with Crippen LogP contribution in [0.1, 0.15) is 49.9 Å². The lowest BCUT2D eigenvalue weighted by atomic mass is 9.80. The molecule has 0 aliphatic heterocycles. The molecular weight excluding hydrogens is 815 g/mol. The van der Waals surface area contributed by atoms with Gasteiger partial charge in [0.25, 0.3) is 0 Å². The summed E-state index contributed by atoms with van der Waals surface area (Å²) >= 11 is 0. The minimum atomic E-state index is -0.303. The van der Waals surface area contributed by atoms with E-state index >= 15 is 0 Å². The molecule has 0 radical (unpaired) electrons. The Morgan fingerprint density at radius 3 is 1.27 bits per heavy atom. The zero-order valence-corrected chi connectivity index (χ0v) is 37.8. The first-order valence-corrected chi connectivity index (χ1v) is 23.4. The Balaban J connectivity index is 0.986. The SMILES string of the molecule is CC1(C)c2cc(N(c3ccc4c(c3)C(C)(C)c3cc(-c5ccccc5)c5oc6ccccc6c5c3-4)c3ccc4ccccc4c3)ccc2-c2c1cc(-c1ccccc1)c1oc3ccccc3c21. The minimum absolute atomic E-state index is 0.303. The molecule has 0 unspecified atom stereocenters. The van der Waals surface area contributed by atoms with Crippen molar-refractivity contribution in [3.63, 3.8) is 0 Å². The molecule has 0 spiro atoms. The van der Waals surface area contributed by atoms with Crippen LogP contribution in [0, 0.1) is 0 Å². The maximum Gasteiger partial charge on any atom is 0.143 e. The van der Waals surface area contributed by atoms with E-state index in [-0.39, 0.29) is 10.8 Å². The number of hydrogen-bond donors (Lipinski definition) is 0. The highest BCUT2D eigenvalue weighted by atomic mass is 16.3. The summed E-state index contributed by atoms with van der Waals surface area (Å²) in [5.74, 6) is 0. The number of anilines is 3. The second-order valence-corrected chi connectivity index (χ2v) is 19.6. The highest BCUT2D eigenvalue weighted by Gasteiger charge is 2.41. The van der Waals surface area contributed by atoms with Crippen LogP contribution in [0.25, 0.3) is 99.2 Å². The van der Waals surface area contributed by atoms with E-state index in [4.69, 9.17) is 8.83 Å². The van der Waals surface area contributed by atoms with E-state index in [1.165, 1.54) is 66.1 Å². The van der Waals surface area contributed by atoms with Crippen LogP contribution in [0.5, 0.6) is 0 Å². The van der Waals surface area contributed by atoms with Crippen molar-refractivity contribution >= 4 is 71.7 Å². The Morgan fingerprint density at radius 2 is 0.761 bits per heavy atom. The molecular formula is C64H45NO2. The van der Waals surface area contributed by atoms with Crippen LogP contribution in [0.2, 0.25) is 0 Å². The molecule has 2 aliphatic rings. The second kappa shape index (κ2) is 13.7. The normalized spacial score (nSPS) is 14.2. The van der Waals surface area contributed by atoms with Crippen molar-refractivity contribution in [2.45, 2.75) is 38.5 Å². The Hall–Kier alpha value is -8.14. The van der Waals surface area contributed by atoms with Gasteiger partial charge in [0.1, 0.15) is 22.3 Å². The quantitative estimate of drug-likeness (QED) is 0.173. The maximum absolute atomic E-state index is 6.79. The van der Waals surface area contributed by atoms with Gasteiger partial charge in [-0.1, -0.05) is 167 Å². The van der Waals surface area contributed by atoms with Gasteiger partial charge in [-0.3, -0.25) is 0 Å². The molecule has 67 heavy (non-hydrogen) atoms. The summed E-state index contributed by atoms with van der Waals surface area (Å²) in [4.78, 5) is 2.47. The van der Waals surface area contributed by atoms with E-state index in [9.17, 15) is 0 Å². The number of benzene rings is 10. The molecule has 14 rings (SSSR count). The first kappa shape index (κ1) is 38.2. The molecule has 2 aromatic heterocycles. The lowest BCUT2D eigenvalue weighted by molar-refractivity contribution is 0.657. The summed E-state index contributed by atoms with van der Waals surface area (Å²) < 4.78 is 13.6. The third-order valence-electron chi connectivity index (χ3n) is 15.2. The first-order valence-electron chi connectivity index (χ1n) is 23.4. The molecule has 2 aliphatic carbocycles. The van der Waals surface area contributed by atoms with Crippen molar-refractivity contribution in [1.82, 2.24) is 0 Å². The molecule has 3 heteroatoms. The fourth-order valence-corrected chi connectivity index (χ4v) is 11.9. The van der Waals surface area contributed by atoms with Gasteiger partial charge in [-0.15, -0.1) is 0 Å². The van der Waals surface area contributed by atoms with Gasteiger partial charge in [0.05, 0.1) is 0 Å². The molecule has 0 amide bonds. The van der Waals surface area contributed by atoms with E-state index in [0.29, 0.717) is 0 Å². The molecule has 10 aromatic carbocycles. The summed E-state index contributed by atoms with van der Waals surface area (Å²) in [6, 6.07) is 73.1. The Labute approximate surface area is 389 Å². The summed E-state index contributed by atoms with van der Waals surface area (Å²) in [6.45, 7) is 9.57. The van der Waals surface area contributed by atoms with Gasteiger partial charge in [0.2, 0.25) is 0 Å². The second-order valence-electron chi connectivity index (χ2n) is 19.6. The zero-order chi connectivity index (χ0) is 44.8. The van der Waals surface area contributed by atoms with Crippen molar-refractivity contribution in [2.75, 3.05) is 4.90 Å². The lowest BCUT2D eigenvalue weighted by Crippen LogP contribution is -2.18. The maximum atomic E-state index is 6.79. The van der Waals surface area contributed by atoms with Gasteiger partial charge in [-0.2, -0.15) is 0 Å². The van der Waals surface area contributed by atoms with Crippen LogP contribution in [0.3, 0.4) is 0 Å². The summed E-state index contributed by atoms with van der Waals surface area (Å²) in [5.41, 5.74) is 21.3. The molecule has 0 atom stereocenters. The predicted molar refractivity (Wildman–Crippen MR) is 279 cm³/mol. The smallest absolute Gasteiger partial charge is 0.143 e. The van der Waals surface area contributed by atoms with Crippen molar-refractivity contribution in [3.8, 4) is 44.5 Å². The molecule has 0 saturated carbocycles. The van der Waals surface area contributed by atoms with Gasteiger partial charge in [-0.05, 0) is 127 Å². The topological polar surface area (TPSA) is 29.5 Å². The van der Waals surface area contributed by atoms with E-state index in [0.717, 1.165) is 72.4 Å². The van der Waals surface area contributed by atoms with E-state index in [2.05, 4.69) is 233 Å². The monoisotopic (exact) mass is 859 g/mol. The molecule has 2 heterocycles. The van der Waals surface area contributed by atoms with Crippen LogP contribution in [-0.2, 0) is 10.8 Å². The largest absolute Gasteiger partial charge is 0.455 e. The van der Waals surface area contributed by atoms with Crippen molar-refractivity contribution < 1.29 is 8.83 Å². The van der Waals surface area contributed by atoms with Gasteiger partial charge < -0.3 is 13.7 Å². The molecule has 12 aromatic rings. The van der Waals surface area contributed by atoms with E-state index in [1.54, 1.807) is 0 Å². The molecule has 3 nitrogen and oxygen atoms in total. The third-order valence-corrected chi connectivity index (χ3v) is 15.2. The fraction of sp³-hybridized carbons (Fsp3) is 0.0938. The van der Waals surface area contributed by atoms with Gasteiger partial charge >= 0.3 is 0 Å². The summed E-state index contributed by atoms with van der Waals surface area (Å²) in [5, 5.41) is 7.10. The average molecular weight is 860 g/mol. The first-order chi connectivity index (χ1) is 32.7. The number of fused-ring (bicyclic) bond motifs is 15. The minimum Gasteiger partial charge on any atom is -0.455 e. The number of para-hydroxylation sites is 2. The third kappa shape index (κ3) is 5.34. The number of hydrogen-bond acceptors (Lipinski definition) is 3. The van der Waals surface area contributed by atoms with Crippen LogP contribution in [-0.4, -0.2) is 0 Å². The summed E-state index contributed by atoms with van der Waals surface area (Å²) in [6.07, 6.45) is 0. The van der Waals surface area contributed by atoms with Gasteiger partial charge in [0, 0.05) is 60.6 Å². The Kier molecular flexibility index (Phi) is 7.80. The van der Waals surface area contributed by atoms with E-state index in [1.807, 2.05) is 0 Å². The van der Waals surface area contributed by atoms with Crippen LogP contribution >= 0.6 is 0 Å². The zero-order valence-electron chi connectivity index (χ0n) is 37.8. The van der Waals surface area contributed by atoms with Crippen LogP contribution in [0.4, 0.5) is 17.1 Å². The molecule has 318 valence electrons. The van der Waals surface area contributed by atoms with Crippen molar-refractivity contribution in [2.24, 2.45) is 0 Å². The Morgan fingerprint density at radius 1 is 0.343 bits per heavy atom. The highest BCUT2D eigenvalue weighted by Crippen LogP contribution is 2.58. The number of furan rings is 2.